The number of nitrogens with zero attached hydrogens (tertiary/aromatic N) is 1. The SMILES string of the molecule is COCC(O)CCNc1cc(C)nc2c(F)cccc12. The summed E-state index contributed by atoms with van der Waals surface area (Å²) in [5.74, 6) is -0.325. The Kier molecular flexibility index (Phi) is 4.87. The minimum atomic E-state index is -0.501. The van der Waals surface area contributed by atoms with E-state index in [1.54, 1.807) is 13.2 Å². The molecule has 0 spiro atoms. The van der Waals surface area contributed by atoms with Crippen LogP contribution < -0.4 is 5.32 Å². The summed E-state index contributed by atoms with van der Waals surface area (Å²) in [6, 6.07) is 6.78. The highest BCUT2D eigenvalue weighted by Crippen LogP contribution is 2.25. The first-order valence-electron chi connectivity index (χ1n) is 6.58. The van der Waals surface area contributed by atoms with E-state index in [1.807, 2.05) is 19.1 Å². The summed E-state index contributed by atoms with van der Waals surface area (Å²) in [6.07, 6.45) is 0.0601. The summed E-state index contributed by atoms with van der Waals surface area (Å²) in [5, 5.41) is 13.6. The number of aliphatic hydroxyl groups excluding tert-OH is 1. The number of aliphatic hydroxyl groups is 1. The molecule has 0 aliphatic rings. The number of methoxy groups -OCH3 is 1. The molecule has 1 aromatic heterocycles. The van der Waals surface area contributed by atoms with Gasteiger partial charge in [-0.25, -0.2) is 9.37 Å². The average molecular weight is 278 g/mol. The number of ether oxygens (including phenoxy) is 1. The number of fused-ring (bicyclic) bond motifs is 1. The third-order valence-electron chi connectivity index (χ3n) is 3.07. The normalized spacial score (nSPS) is 12.6. The molecule has 108 valence electrons. The van der Waals surface area contributed by atoms with Crippen molar-refractivity contribution in [3.8, 4) is 0 Å². The number of hydrogen-bond donors (Lipinski definition) is 2. The first kappa shape index (κ1) is 14.7. The number of halogens is 1. The maximum Gasteiger partial charge on any atom is 0.149 e. The number of benzene rings is 1. The molecule has 0 radical (unpaired) electrons. The Balaban J connectivity index is 2.15. The van der Waals surface area contributed by atoms with E-state index in [-0.39, 0.29) is 5.82 Å². The molecule has 0 aliphatic heterocycles. The highest BCUT2D eigenvalue weighted by molar-refractivity contribution is 5.91. The van der Waals surface area contributed by atoms with Gasteiger partial charge >= 0.3 is 0 Å². The molecule has 4 nitrogen and oxygen atoms in total. The van der Waals surface area contributed by atoms with Crippen molar-refractivity contribution in [2.75, 3.05) is 25.6 Å². The van der Waals surface area contributed by atoms with E-state index in [2.05, 4.69) is 10.3 Å². The van der Waals surface area contributed by atoms with Crippen LogP contribution in [0.25, 0.3) is 10.9 Å². The van der Waals surface area contributed by atoms with Gasteiger partial charge in [0.2, 0.25) is 0 Å². The van der Waals surface area contributed by atoms with Crippen LogP contribution in [-0.2, 0) is 4.74 Å². The molecule has 0 aliphatic carbocycles. The van der Waals surface area contributed by atoms with Crippen LogP contribution in [-0.4, -0.2) is 36.5 Å². The van der Waals surface area contributed by atoms with Gasteiger partial charge in [0.15, 0.2) is 0 Å². The maximum atomic E-state index is 13.8. The predicted molar refractivity (Wildman–Crippen MR) is 77.4 cm³/mol. The molecule has 2 N–H and O–H groups in total. The zero-order chi connectivity index (χ0) is 14.5. The standard InChI is InChI=1S/C15H19FN2O2/c1-10-8-14(17-7-6-11(19)9-20-2)12-4-3-5-13(16)15(12)18-10/h3-5,8,11,19H,6-7,9H2,1-2H3,(H,17,18). The van der Waals surface area contributed by atoms with Crippen molar-refractivity contribution in [2.24, 2.45) is 0 Å². The first-order valence-corrected chi connectivity index (χ1v) is 6.58. The molecule has 2 rings (SSSR count). The van der Waals surface area contributed by atoms with Gasteiger partial charge in [0.25, 0.3) is 0 Å². The van der Waals surface area contributed by atoms with Gasteiger partial charge in [-0.15, -0.1) is 0 Å². The molecule has 0 amide bonds. The fourth-order valence-electron chi connectivity index (χ4n) is 2.14. The quantitative estimate of drug-likeness (QED) is 0.852. The van der Waals surface area contributed by atoms with E-state index >= 15 is 0 Å². The molecular formula is C15H19FN2O2. The molecule has 1 heterocycles. The van der Waals surface area contributed by atoms with Crippen LogP contribution in [0.4, 0.5) is 10.1 Å². The second-order valence-corrected chi connectivity index (χ2v) is 4.77. The summed E-state index contributed by atoms with van der Waals surface area (Å²) in [6.45, 7) is 2.73. The molecule has 1 unspecified atom stereocenters. The molecule has 20 heavy (non-hydrogen) atoms. The van der Waals surface area contributed by atoms with Crippen molar-refractivity contribution in [3.63, 3.8) is 0 Å². The van der Waals surface area contributed by atoms with Crippen LogP contribution in [0.2, 0.25) is 0 Å². The molecule has 1 atom stereocenters. The Bertz CT molecular complexity index is 589. The van der Waals surface area contributed by atoms with Crippen LogP contribution in [0, 0.1) is 12.7 Å². The van der Waals surface area contributed by atoms with Gasteiger partial charge in [0.1, 0.15) is 11.3 Å². The van der Waals surface area contributed by atoms with E-state index < -0.39 is 6.10 Å². The van der Waals surface area contributed by atoms with E-state index in [1.165, 1.54) is 6.07 Å². The lowest BCUT2D eigenvalue weighted by Gasteiger charge is -2.13. The molecule has 2 aromatic rings. The number of nitrogens with one attached hydrogen (secondary N) is 1. The minimum Gasteiger partial charge on any atom is -0.391 e. The summed E-state index contributed by atoms with van der Waals surface area (Å²) in [5.41, 5.74) is 1.95. The highest BCUT2D eigenvalue weighted by Gasteiger charge is 2.08. The van der Waals surface area contributed by atoms with Crippen molar-refractivity contribution in [1.82, 2.24) is 4.98 Å². The van der Waals surface area contributed by atoms with Crippen LogP contribution >= 0.6 is 0 Å². The van der Waals surface area contributed by atoms with Gasteiger partial charge in [-0.3, -0.25) is 0 Å². The van der Waals surface area contributed by atoms with E-state index in [0.717, 1.165) is 16.8 Å². The number of anilines is 1. The second kappa shape index (κ2) is 6.63. The van der Waals surface area contributed by atoms with Gasteiger partial charge in [-0.2, -0.15) is 0 Å². The zero-order valence-corrected chi connectivity index (χ0v) is 11.7. The average Bonchev–Trinajstić information content (AvgIpc) is 2.40. The number of aromatic nitrogens is 1. The molecule has 0 bridgehead atoms. The molecule has 0 saturated carbocycles. The lowest BCUT2D eigenvalue weighted by atomic mass is 10.1. The number of aryl methyl sites for hydroxylation is 1. The van der Waals surface area contributed by atoms with E-state index in [0.29, 0.717) is 25.1 Å². The first-order chi connectivity index (χ1) is 9.61. The second-order valence-electron chi connectivity index (χ2n) is 4.77. The van der Waals surface area contributed by atoms with Gasteiger partial charge in [-0.1, -0.05) is 12.1 Å². The number of hydrogen-bond acceptors (Lipinski definition) is 4. The van der Waals surface area contributed by atoms with Crippen LogP contribution in [0.15, 0.2) is 24.3 Å². The van der Waals surface area contributed by atoms with Crippen LogP contribution in [0.5, 0.6) is 0 Å². The van der Waals surface area contributed by atoms with Crippen molar-refractivity contribution in [1.29, 1.82) is 0 Å². The smallest absolute Gasteiger partial charge is 0.149 e. The molecular weight excluding hydrogens is 259 g/mol. The Morgan fingerprint density at radius 3 is 3.00 bits per heavy atom. The fraction of sp³-hybridized carbons (Fsp3) is 0.400. The Morgan fingerprint density at radius 2 is 2.25 bits per heavy atom. The van der Waals surface area contributed by atoms with Crippen molar-refractivity contribution < 1.29 is 14.2 Å². The zero-order valence-electron chi connectivity index (χ0n) is 11.7. The molecule has 1 aromatic carbocycles. The topological polar surface area (TPSA) is 54.4 Å². The Morgan fingerprint density at radius 1 is 1.45 bits per heavy atom. The summed E-state index contributed by atoms with van der Waals surface area (Å²) >= 11 is 0. The molecule has 5 heteroatoms. The van der Waals surface area contributed by atoms with Gasteiger partial charge in [-0.05, 0) is 25.5 Å². The van der Waals surface area contributed by atoms with Crippen molar-refractivity contribution in [2.45, 2.75) is 19.4 Å². The largest absolute Gasteiger partial charge is 0.391 e. The van der Waals surface area contributed by atoms with Crippen LogP contribution in [0.3, 0.4) is 0 Å². The molecule has 0 saturated heterocycles. The monoisotopic (exact) mass is 278 g/mol. The number of rotatable bonds is 6. The summed E-state index contributed by atoms with van der Waals surface area (Å²) in [7, 11) is 1.55. The minimum absolute atomic E-state index is 0.312. The third-order valence-corrected chi connectivity index (χ3v) is 3.07. The van der Waals surface area contributed by atoms with Crippen LogP contribution in [0.1, 0.15) is 12.1 Å². The number of pyridine rings is 1. The fourth-order valence-corrected chi connectivity index (χ4v) is 2.14. The lowest BCUT2D eigenvalue weighted by molar-refractivity contribution is 0.0615. The van der Waals surface area contributed by atoms with Crippen molar-refractivity contribution in [3.05, 3.63) is 35.8 Å². The number of para-hydroxylation sites is 1. The third kappa shape index (κ3) is 3.43. The summed E-state index contributed by atoms with van der Waals surface area (Å²) < 4.78 is 18.6. The highest BCUT2D eigenvalue weighted by atomic mass is 19.1. The molecule has 0 fully saturated rings. The maximum absolute atomic E-state index is 13.8. The van der Waals surface area contributed by atoms with E-state index in [4.69, 9.17) is 4.74 Å². The van der Waals surface area contributed by atoms with E-state index in [9.17, 15) is 9.50 Å². The predicted octanol–water partition coefficient (Wildman–Crippen LogP) is 2.49. The van der Waals surface area contributed by atoms with Gasteiger partial charge in [0.05, 0.1) is 12.7 Å². The van der Waals surface area contributed by atoms with Gasteiger partial charge in [0, 0.05) is 30.4 Å². The Hall–Kier alpha value is -1.72. The van der Waals surface area contributed by atoms with Gasteiger partial charge < -0.3 is 15.2 Å². The summed E-state index contributed by atoms with van der Waals surface area (Å²) in [4.78, 5) is 4.22. The Labute approximate surface area is 117 Å². The lowest BCUT2D eigenvalue weighted by Crippen LogP contribution is -2.18. The van der Waals surface area contributed by atoms with Crippen molar-refractivity contribution >= 4 is 16.6 Å².